The zero-order valence-corrected chi connectivity index (χ0v) is 12.8. The van der Waals surface area contributed by atoms with Gasteiger partial charge >= 0.3 is 5.97 Å². The third-order valence-electron chi connectivity index (χ3n) is 3.63. The molecule has 1 heterocycles. The molecule has 3 aromatic rings. The molecular weight excluding hydrogens is 295 g/mol. The van der Waals surface area contributed by atoms with Crippen LogP contribution in [0.2, 0.25) is 0 Å². The molecule has 23 heavy (non-hydrogen) atoms. The summed E-state index contributed by atoms with van der Waals surface area (Å²) in [5, 5.41) is 4.35. The molecule has 0 amide bonds. The number of rotatable bonds is 3. The van der Waals surface area contributed by atoms with Crippen molar-refractivity contribution in [2.75, 3.05) is 7.11 Å². The second-order valence-electron chi connectivity index (χ2n) is 5.13. The number of aryl methyl sites for hydroxylation is 1. The number of methoxy groups -OCH3 is 1. The van der Waals surface area contributed by atoms with Crippen molar-refractivity contribution in [3.8, 4) is 16.9 Å². The van der Waals surface area contributed by atoms with Crippen LogP contribution in [-0.4, -0.2) is 22.9 Å². The van der Waals surface area contributed by atoms with Gasteiger partial charge in [-0.2, -0.15) is 5.10 Å². The average Bonchev–Trinajstić information content (AvgIpc) is 3.04. The number of carbonyl (C=O) groups is 1. The van der Waals surface area contributed by atoms with Crippen molar-refractivity contribution in [3.05, 3.63) is 71.7 Å². The standard InChI is InChI=1S/C18H15FN2O2/c1-12-11-14(18(22)23-2)5-8-16(12)21-17(9-10-20-21)13-3-6-15(19)7-4-13/h3-11H,1-2H3. The van der Waals surface area contributed by atoms with Crippen LogP contribution >= 0.6 is 0 Å². The molecule has 0 aliphatic rings. The maximum atomic E-state index is 13.1. The van der Waals surface area contributed by atoms with Gasteiger partial charge < -0.3 is 4.74 Å². The summed E-state index contributed by atoms with van der Waals surface area (Å²) in [5.41, 5.74) is 3.94. The number of esters is 1. The van der Waals surface area contributed by atoms with Crippen LogP contribution in [0.5, 0.6) is 0 Å². The summed E-state index contributed by atoms with van der Waals surface area (Å²) in [6.07, 6.45) is 1.69. The smallest absolute Gasteiger partial charge is 0.337 e. The van der Waals surface area contributed by atoms with Crippen LogP contribution in [0.15, 0.2) is 54.7 Å². The van der Waals surface area contributed by atoms with Crippen molar-refractivity contribution in [1.82, 2.24) is 9.78 Å². The van der Waals surface area contributed by atoms with Crippen molar-refractivity contribution < 1.29 is 13.9 Å². The maximum Gasteiger partial charge on any atom is 0.337 e. The van der Waals surface area contributed by atoms with E-state index in [4.69, 9.17) is 4.74 Å². The molecule has 2 aromatic carbocycles. The summed E-state index contributed by atoms with van der Waals surface area (Å²) < 4.78 is 19.6. The van der Waals surface area contributed by atoms with Gasteiger partial charge in [0.2, 0.25) is 0 Å². The Morgan fingerprint density at radius 3 is 2.52 bits per heavy atom. The van der Waals surface area contributed by atoms with E-state index in [9.17, 15) is 9.18 Å². The van der Waals surface area contributed by atoms with Crippen LogP contribution in [0, 0.1) is 12.7 Å². The zero-order chi connectivity index (χ0) is 16.4. The fraction of sp³-hybridized carbons (Fsp3) is 0.111. The third kappa shape index (κ3) is 2.85. The Balaban J connectivity index is 2.05. The van der Waals surface area contributed by atoms with E-state index in [1.54, 1.807) is 35.1 Å². The molecule has 1 aromatic heterocycles. The van der Waals surface area contributed by atoms with E-state index in [1.807, 2.05) is 19.1 Å². The van der Waals surface area contributed by atoms with Crippen molar-refractivity contribution >= 4 is 5.97 Å². The van der Waals surface area contributed by atoms with Gasteiger partial charge in [-0.25, -0.2) is 13.9 Å². The van der Waals surface area contributed by atoms with Gasteiger partial charge in [0.05, 0.1) is 30.3 Å². The number of nitrogens with zero attached hydrogens (tertiary/aromatic N) is 2. The molecule has 0 radical (unpaired) electrons. The lowest BCUT2D eigenvalue weighted by atomic mass is 10.1. The van der Waals surface area contributed by atoms with E-state index < -0.39 is 0 Å². The largest absolute Gasteiger partial charge is 0.465 e. The van der Waals surface area contributed by atoms with Crippen LogP contribution in [0.3, 0.4) is 0 Å². The topological polar surface area (TPSA) is 44.1 Å². The normalized spacial score (nSPS) is 10.6. The summed E-state index contributed by atoms with van der Waals surface area (Å²) in [4.78, 5) is 11.6. The van der Waals surface area contributed by atoms with Crippen molar-refractivity contribution in [2.24, 2.45) is 0 Å². The molecule has 0 unspecified atom stereocenters. The molecule has 3 rings (SSSR count). The zero-order valence-electron chi connectivity index (χ0n) is 12.8. The molecule has 5 heteroatoms. The number of ether oxygens (including phenoxy) is 1. The van der Waals surface area contributed by atoms with Crippen LogP contribution in [0.25, 0.3) is 16.9 Å². The molecular formula is C18H15FN2O2. The van der Waals surface area contributed by atoms with E-state index >= 15 is 0 Å². The van der Waals surface area contributed by atoms with Gasteiger partial charge in [-0.3, -0.25) is 0 Å². The second-order valence-corrected chi connectivity index (χ2v) is 5.13. The first-order valence-corrected chi connectivity index (χ1v) is 7.09. The van der Waals surface area contributed by atoms with E-state index in [1.165, 1.54) is 19.2 Å². The Hall–Kier alpha value is -2.95. The summed E-state index contributed by atoms with van der Waals surface area (Å²) in [6, 6.07) is 13.4. The first-order chi connectivity index (χ1) is 11.1. The van der Waals surface area contributed by atoms with Gasteiger partial charge in [-0.1, -0.05) is 0 Å². The predicted octanol–water partition coefficient (Wildman–Crippen LogP) is 3.77. The van der Waals surface area contributed by atoms with Crippen LogP contribution in [0.1, 0.15) is 15.9 Å². The molecule has 0 spiro atoms. The minimum Gasteiger partial charge on any atom is -0.465 e. The molecule has 0 atom stereocenters. The molecule has 0 bridgehead atoms. The minimum atomic E-state index is -0.376. The van der Waals surface area contributed by atoms with E-state index in [0.29, 0.717) is 5.56 Å². The van der Waals surface area contributed by atoms with Crippen LogP contribution in [0.4, 0.5) is 4.39 Å². The van der Waals surface area contributed by atoms with E-state index in [2.05, 4.69) is 5.10 Å². The Bertz CT molecular complexity index is 854. The highest BCUT2D eigenvalue weighted by atomic mass is 19.1. The lowest BCUT2D eigenvalue weighted by molar-refractivity contribution is 0.0600. The lowest BCUT2D eigenvalue weighted by Gasteiger charge is -2.11. The molecule has 0 aliphatic heterocycles. The number of carbonyl (C=O) groups excluding carboxylic acids is 1. The molecule has 0 saturated heterocycles. The molecule has 0 N–H and O–H groups in total. The van der Waals surface area contributed by atoms with E-state index in [0.717, 1.165) is 22.5 Å². The monoisotopic (exact) mass is 310 g/mol. The fourth-order valence-corrected chi connectivity index (χ4v) is 2.47. The van der Waals surface area contributed by atoms with Gasteiger partial charge in [-0.15, -0.1) is 0 Å². The Labute approximate surface area is 133 Å². The number of halogens is 1. The van der Waals surface area contributed by atoms with Crippen molar-refractivity contribution in [1.29, 1.82) is 0 Å². The highest BCUT2D eigenvalue weighted by Crippen LogP contribution is 2.25. The molecule has 0 saturated carbocycles. The molecule has 0 aliphatic carbocycles. The van der Waals surface area contributed by atoms with Crippen LogP contribution < -0.4 is 0 Å². The Morgan fingerprint density at radius 1 is 1.13 bits per heavy atom. The van der Waals surface area contributed by atoms with Gasteiger partial charge in [0.1, 0.15) is 5.82 Å². The third-order valence-corrected chi connectivity index (χ3v) is 3.63. The SMILES string of the molecule is COC(=O)c1ccc(-n2nccc2-c2ccc(F)cc2)c(C)c1. The number of hydrogen-bond donors (Lipinski definition) is 0. The Morgan fingerprint density at radius 2 is 1.87 bits per heavy atom. The Kier molecular flexibility index (Phi) is 3.93. The first-order valence-electron chi connectivity index (χ1n) is 7.09. The lowest BCUT2D eigenvalue weighted by Crippen LogP contribution is -2.05. The maximum absolute atomic E-state index is 13.1. The number of aromatic nitrogens is 2. The summed E-state index contributed by atoms with van der Waals surface area (Å²) in [7, 11) is 1.35. The fourth-order valence-electron chi connectivity index (χ4n) is 2.47. The summed E-state index contributed by atoms with van der Waals surface area (Å²) in [6.45, 7) is 1.90. The van der Waals surface area contributed by atoms with Gasteiger partial charge in [0.15, 0.2) is 0 Å². The number of hydrogen-bond acceptors (Lipinski definition) is 3. The average molecular weight is 310 g/mol. The number of benzene rings is 2. The molecule has 116 valence electrons. The van der Waals surface area contributed by atoms with Gasteiger partial charge in [0, 0.05) is 5.56 Å². The van der Waals surface area contributed by atoms with Gasteiger partial charge in [0.25, 0.3) is 0 Å². The summed E-state index contributed by atoms with van der Waals surface area (Å²) >= 11 is 0. The highest BCUT2D eigenvalue weighted by molar-refractivity contribution is 5.89. The van der Waals surface area contributed by atoms with Crippen molar-refractivity contribution in [2.45, 2.75) is 6.92 Å². The molecule has 4 nitrogen and oxygen atoms in total. The van der Waals surface area contributed by atoms with Crippen LogP contribution in [-0.2, 0) is 4.74 Å². The van der Waals surface area contributed by atoms with Crippen molar-refractivity contribution in [3.63, 3.8) is 0 Å². The highest BCUT2D eigenvalue weighted by Gasteiger charge is 2.12. The van der Waals surface area contributed by atoms with Gasteiger partial charge in [-0.05, 0) is 61.0 Å². The predicted molar refractivity (Wildman–Crippen MR) is 85.0 cm³/mol. The first kappa shape index (κ1) is 15.0. The van der Waals surface area contributed by atoms with E-state index in [-0.39, 0.29) is 11.8 Å². The second kappa shape index (κ2) is 6.04. The minimum absolute atomic E-state index is 0.279. The summed E-state index contributed by atoms with van der Waals surface area (Å²) in [5.74, 6) is -0.655. The quantitative estimate of drug-likeness (QED) is 0.692. The molecule has 0 fully saturated rings.